The molecule has 174 valence electrons. The van der Waals surface area contributed by atoms with Crippen molar-refractivity contribution >= 4 is 22.8 Å². The number of ether oxygens (including phenoxy) is 2. The van der Waals surface area contributed by atoms with Crippen LogP contribution in [-0.4, -0.2) is 18.0 Å². The molecule has 0 spiro atoms. The minimum absolute atomic E-state index is 0.143. The predicted octanol–water partition coefficient (Wildman–Crippen LogP) is 6.37. The van der Waals surface area contributed by atoms with Gasteiger partial charge in [0.05, 0.1) is 10.9 Å². The van der Waals surface area contributed by atoms with Crippen molar-refractivity contribution in [3.63, 3.8) is 0 Å². The van der Waals surface area contributed by atoms with Crippen LogP contribution in [0, 0.1) is 5.92 Å². The summed E-state index contributed by atoms with van der Waals surface area (Å²) in [6.07, 6.45) is 2.48. The standard InChI is InChI=1S/C29H29O4S/c1-21(2)29(31)33-24-14-13-22(19-24)20-28(30)32-23-15-17-27(18-16-23)34(25-9-5-3-6-10-25)26-11-7-4-8-12-26/h3-12,15-18,22,24H,1,13-14,19-20H2,2H3/q+1. The molecule has 1 fully saturated rings. The lowest BCUT2D eigenvalue weighted by Crippen LogP contribution is -2.17. The monoisotopic (exact) mass is 473 g/mol. The highest BCUT2D eigenvalue weighted by atomic mass is 32.2. The van der Waals surface area contributed by atoms with Crippen molar-refractivity contribution < 1.29 is 19.1 Å². The minimum Gasteiger partial charge on any atom is -0.459 e. The van der Waals surface area contributed by atoms with Gasteiger partial charge in [-0.3, -0.25) is 4.79 Å². The number of carbonyl (C=O) groups excluding carboxylic acids is 2. The van der Waals surface area contributed by atoms with Crippen LogP contribution >= 0.6 is 0 Å². The molecule has 0 amide bonds. The van der Waals surface area contributed by atoms with E-state index in [1.165, 1.54) is 9.79 Å². The summed E-state index contributed by atoms with van der Waals surface area (Å²) in [6.45, 7) is 5.25. The molecule has 3 aromatic rings. The molecule has 4 rings (SSSR count). The lowest BCUT2D eigenvalue weighted by atomic mass is 10.0. The lowest BCUT2D eigenvalue weighted by Gasteiger charge is -2.13. The molecule has 0 radical (unpaired) electrons. The molecule has 2 atom stereocenters. The third kappa shape index (κ3) is 6.17. The van der Waals surface area contributed by atoms with Gasteiger partial charge in [0.25, 0.3) is 0 Å². The molecule has 0 bridgehead atoms. The minimum atomic E-state index is -0.363. The fourth-order valence-corrected chi connectivity index (χ4v) is 6.23. The smallest absolute Gasteiger partial charge is 0.333 e. The van der Waals surface area contributed by atoms with Gasteiger partial charge < -0.3 is 9.47 Å². The Bertz CT molecular complexity index is 1090. The van der Waals surface area contributed by atoms with Crippen LogP contribution < -0.4 is 4.74 Å². The maximum Gasteiger partial charge on any atom is 0.333 e. The Balaban J connectivity index is 1.38. The first kappa shape index (κ1) is 23.8. The second-order valence-corrected chi connectivity index (χ2v) is 10.6. The molecule has 0 aliphatic heterocycles. The molecule has 0 N–H and O–H groups in total. The van der Waals surface area contributed by atoms with Crippen LogP contribution in [0.4, 0.5) is 0 Å². The van der Waals surface area contributed by atoms with E-state index in [2.05, 4.69) is 55.1 Å². The van der Waals surface area contributed by atoms with Crippen LogP contribution in [0.5, 0.6) is 5.75 Å². The average molecular weight is 474 g/mol. The summed E-state index contributed by atoms with van der Waals surface area (Å²) in [5.41, 5.74) is 0.397. The van der Waals surface area contributed by atoms with E-state index in [1.54, 1.807) is 6.92 Å². The summed E-state index contributed by atoms with van der Waals surface area (Å²) in [7, 11) is -0.240. The Morgan fingerprint density at radius 3 is 1.97 bits per heavy atom. The van der Waals surface area contributed by atoms with Crippen molar-refractivity contribution in [2.75, 3.05) is 0 Å². The Morgan fingerprint density at radius 2 is 1.41 bits per heavy atom. The lowest BCUT2D eigenvalue weighted by molar-refractivity contribution is -0.143. The van der Waals surface area contributed by atoms with E-state index in [1.807, 2.05) is 36.4 Å². The predicted molar refractivity (Wildman–Crippen MR) is 134 cm³/mol. The van der Waals surface area contributed by atoms with Gasteiger partial charge in [0, 0.05) is 12.0 Å². The quantitative estimate of drug-likeness (QED) is 0.165. The molecular weight excluding hydrogens is 444 g/mol. The van der Waals surface area contributed by atoms with E-state index < -0.39 is 0 Å². The van der Waals surface area contributed by atoms with Crippen molar-refractivity contribution in [2.24, 2.45) is 5.92 Å². The van der Waals surface area contributed by atoms with Gasteiger partial charge in [-0.1, -0.05) is 43.0 Å². The molecule has 0 saturated heterocycles. The summed E-state index contributed by atoms with van der Waals surface area (Å²) >= 11 is 0. The molecule has 3 aromatic carbocycles. The van der Waals surface area contributed by atoms with Gasteiger partial charge in [0.1, 0.15) is 11.9 Å². The zero-order valence-electron chi connectivity index (χ0n) is 19.3. The van der Waals surface area contributed by atoms with Crippen molar-refractivity contribution in [3.05, 3.63) is 97.1 Å². The largest absolute Gasteiger partial charge is 0.459 e. The third-order valence-electron chi connectivity index (χ3n) is 5.82. The summed E-state index contributed by atoms with van der Waals surface area (Å²) in [6, 6.07) is 28.7. The Labute approximate surface area is 204 Å². The van der Waals surface area contributed by atoms with Gasteiger partial charge in [-0.05, 0) is 80.6 Å². The van der Waals surface area contributed by atoms with Crippen LogP contribution in [0.25, 0.3) is 0 Å². The fraction of sp³-hybridized carbons (Fsp3) is 0.241. The van der Waals surface area contributed by atoms with Gasteiger partial charge in [0.15, 0.2) is 14.7 Å². The number of hydrogen-bond acceptors (Lipinski definition) is 4. The SMILES string of the molecule is C=C(C)C(=O)OC1CCC(CC(=O)Oc2ccc([S+](c3ccccc3)c3ccccc3)cc2)C1. The van der Waals surface area contributed by atoms with E-state index in [4.69, 9.17) is 9.47 Å². The summed E-state index contributed by atoms with van der Waals surface area (Å²) in [4.78, 5) is 27.9. The van der Waals surface area contributed by atoms with Gasteiger partial charge in [0.2, 0.25) is 0 Å². The van der Waals surface area contributed by atoms with Crippen molar-refractivity contribution in [2.45, 2.75) is 53.4 Å². The van der Waals surface area contributed by atoms with E-state index in [-0.39, 0.29) is 34.9 Å². The van der Waals surface area contributed by atoms with Gasteiger partial charge in [-0.2, -0.15) is 0 Å². The zero-order chi connectivity index (χ0) is 23.9. The summed E-state index contributed by atoms with van der Waals surface area (Å²) in [5.74, 6) is 0.0893. The van der Waals surface area contributed by atoms with Gasteiger partial charge in [-0.15, -0.1) is 0 Å². The molecule has 5 heteroatoms. The first-order valence-corrected chi connectivity index (χ1v) is 12.7. The van der Waals surface area contributed by atoms with Crippen molar-refractivity contribution in [3.8, 4) is 5.75 Å². The molecule has 34 heavy (non-hydrogen) atoms. The van der Waals surface area contributed by atoms with Crippen molar-refractivity contribution in [1.82, 2.24) is 0 Å². The molecule has 0 aromatic heterocycles. The molecule has 1 aliphatic carbocycles. The van der Waals surface area contributed by atoms with Crippen LogP contribution in [-0.2, 0) is 25.2 Å². The summed E-state index contributed by atoms with van der Waals surface area (Å²) in [5, 5.41) is 0. The van der Waals surface area contributed by atoms with E-state index in [0.717, 1.165) is 17.7 Å². The summed E-state index contributed by atoms with van der Waals surface area (Å²) < 4.78 is 11.0. The van der Waals surface area contributed by atoms with Gasteiger partial charge in [-0.25, -0.2) is 4.79 Å². The van der Waals surface area contributed by atoms with Gasteiger partial charge >= 0.3 is 11.9 Å². The molecular formula is C29H29O4S+. The zero-order valence-corrected chi connectivity index (χ0v) is 20.1. The first-order valence-electron chi connectivity index (χ1n) is 11.5. The number of rotatable bonds is 8. The van der Waals surface area contributed by atoms with E-state index in [0.29, 0.717) is 24.2 Å². The van der Waals surface area contributed by atoms with Crippen LogP contribution in [0.2, 0.25) is 0 Å². The number of hydrogen-bond donors (Lipinski definition) is 0. The Hall–Kier alpha value is -3.31. The van der Waals surface area contributed by atoms with Crippen molar-refractivity contribution in [1.29, 1.82) is 0 Å². The number of esters is 2. The molecule has 4 nitrogen and oxygen atoms in total. The molecule has 0 heterocycles. The molecule has 2 unspecified atom stereocenters. The molecule has 1 saturated carbocycles. The van der Waals surface area contributed by atoms with E-state index >= 15 is 0 Å². The maximum absolute atomic E-state index is 12.5. The second kappa shape index (κ2) is 11.2. The Kier molecular flexibility index (Phi) is 7.86. The van der Waals surface area contributed by atoms with Crippen LogP contribution in [0.1, 0.15) is 32.6 Å². The van der Waals surface area contributed by atoms with E-state index in [9.17, 15) is 9.59 Å². The second-order valence-electron chi connectivity index (χ2n) is 8.57. The highest BCUT2D eigenvalue weighted by molar-refractivity contribution is 7.97. The normalized spacial score (nSPS) is 17.4. The topological polar surface area (TPSA) is 52.6 Å². The number of carbonyl (C=O) groups is 2. The third-order valence-corrected chi connectivity index (χ3v) is 8.05. The maximum atomic E-state index is 12.5. The highest BCUT2D eigenvalue weighted by Crippen LogP contribution is 2.33. The average Bonchev–Trinajstić information content (AvgIpc) is 3.28. The molecule has 1 aliphatic rings. The van der Waals surface area contributed by atoms with Crippen LogP contribution in [0.15, 0.2) is 112 Å². The van der Waals surface area contributed by atoms with Crippen LogP contribution in [0.3, 0.4) is 0 Å². The first-order chi connectivity index (χ1) is 16.5. The Morgan fingerprint density at radius 1 is 0.853 bits per heavy atom. The fourth-order valence-electron chi connectivity index (χ4n) is 4.15. The highest BCUT2D eigenvalue weighted by Gasteiger charge is 2.30. The number of benzene rings is 3.